The summed E-state index contributed by atoms with van der Waals surface area (Å²) in [7, 11) is 1.07. The molecule has 1 aromatic heterocycles. The van der Waals surface area contributed by atoms with Gasteiger partial charge in [0.2, 0.25) is 0 Å². The average molecular weight is 340 g/mol. The van der Waals surface area contributed by atoms with E-state index in [9.17, 15) is 28.1 Å². The van der Waals surface area contributed by atoms with Crippen molar-refractivity contribution in [3.05, 3.63) is 37.7 Å². The smallest absolute Gasteiger partial charge is 0.416 e. The molecule has 0 amide bonds. The third kappa shape index (κ3) is 2.66. The zero-order valence-corrected chi connectivity index (χ0v) is 11.7. The predicted octanol–water partition coefficient (Wildman–Crippen LogP) is 4.27. The molecule has 0 saturated carbocycles. The molecule has 112 valence electrons. The third-order valence-electron chi connectivity index (χ3n) is 2.61. The first-order valence-electron chi connectivity index (χ1n) is 5.22. The van der Waals surface area contributed by atoms with Crippen molar-refractivity contribution in [1.29, 1.82) is 0 Å². The molecule has 1 heterocycles. The van der Waals surface area contributed by atoms with E-state index in [0.29, 0.717) is 23.5 Å². The quantitative estimate of drug-likeness (QED) is 0.465. The van der Waals surface area contributed by atoms with Crippen LogP contribution in [0.1, 0.15) is 15.2 Å². The molecule has 0 N–H and O–H groups in total. The van der Waals surface area contributed by atoms with Crippen molar-refractivity contribution in [2.24, 2.45) is 0 Å². The normalized spacial score (nSPS) is 11.7. The van der Waals surface area contributed by atoms with Gasteiger partial charge in [-0.25, -0.2) is 4.79 Å². The molecule has 0 unspecified atom stereocenters. The highest BCUT2D eigenvalue weighted by molar-refractivity contribution is 7.21. The molecule has 0 aliphatic rings. The van der Waals surface area contributed by atoms with Crippen LogP contribution >= 0.6 is 22.9 Å². The van der Waals surface area contributed by atoms with Crippen molar-refractivity contribution in [1.82, 2.24) is 0 Å². The van der Waals surface area contributed by atoms with E-state index in [0.717, 1.165) is 7.11 Å². The number of non-ortho nitro benzene ring substituents is 1. The fourth-order valence-corrected chi connectivity index (χ4v) is 3.22. The highest BCUT2D eigenvalue weighted by Gasteiger charge is 2.35. The number of hydrogen-bond acceptors (Lipinski definition) is 5. The molecule has 2 rings (SSSR count). The number of methoxy groups -OCH3 is 1. The van der Waals surface area contributed by atoms with Crippen molar-refractivity contribution in [2.75, 3.05) is 7.11 Å². The number of carbonyl (C=O) groups is 1. The maximum absolute atomic E-state index is 12.7. The Bertz CT molecular complexity index is 756. The first-order chi connectivity index (χ1) is 9.66. The van der Waals surface area contributed by atoms with Crippen LogP contribution in [0.4, 0.5) is 18.9 Å². The number of halogens is 4. The van der Waals surface area contributed by atoms with Crippen molar-refractivity contribution in [2.45, 2.75) is 6.18 Å². The van der Waals surface area contributed by atoms with E-state index in [2.05, 4.69) is 4.74 Å². The number of fused-ring (bicyclic) bond motifs is 1. The Hall–Kier alpha value is -1.87. The summed E-state index contributed by atoms with van der Waals surface area (Å²) >= 11 is 6.48. The molecule has 0 saturated heterocycles. The van der Waals surface area contributed by atoms with Crippen LogP contribution < -0.4 is 0 Å². The molecule has 1 aromatic carbocycles. The summed E-state index contributed by atoms with van der Waals surface area (Å²) in [6.07, 6.45) is -4.75. The van der Waals surface area contributed by atoms with Crippen LogP contribution in [0.25, 0.3) is 10.1 Å². The number of esters is 1. The van der Waals surface area contributed by atoms with Crippen LogP contribution in [0.3, 0.4) is 0 Å². The van der Waals surface area contributed by atoms with E-state index in [1.807, 2.05) is 0 Å². The van der Waals surface area contributed by atoms with Crippen LogP contribution in [0.15, 0.2) is 12.1 Å². The molecular weight excluding hydrogens is 335 g/mol. The summed E-state index contributed by atoms with van der Waals surface area (Å²) in [5, 5.41) is 10.5. The molecule has 0 aliphatic heterocycles. The van der Waals surface area contributed by atoms with Crippen molar-refractivity contribution in [3.8, 4) is 0 Å². The molecule has 21 heavy (non-hydrogen) atoms. The molecule has 0 fully saturated rings. The Kier molecular flexibility index (Phi) is 3.81. The monoisotopic (exact) mass is 339 g/mol. The van der Waals surface area contributed by atoms with Gasteiger partial charge in [-0.05, 0) is 6.07 Å². The van der Waals surface area contributed by atoms with E-state index in [1.54, 1.807) is 0 Å². The number of nitrogens with zero attached hydrogens (tertiary/aromatic N) is 1. The predicted molar refractivity (Wildman–Crippen MR) is 69.8 cm³/mol. The molecule has 0 radical (unpaired) electrons. The minimum atomic E-state index is -4.75. The number of hydrogen-bond donors (Lipinski definition) is 0. The van der Waals surface area contributed by atoms with Crippen molar-refractivity contribution < 1.29 is 27.6 Å². The van der Waals surface area contributed by atoms with Gasteiger partial charge in [0.1, 0.15) is 4.88 Å². The number of thiophene rings is 1. The number of alkyl halides is 3. The van der Waals surface area contributed by atoms with E-state index in [-0.39, 0.29) is 20.0 Å². The Balaban J connectivity index is 2.85. The van der Waals surface area contributed by atoms with Crippen LogP contribution in [0.5, 0.6) is 0 Å². The Morgan fingerprint density at radius 3 is 2.52 bits per heavy atom. The second-order valence-electron chi connectivity index (χ2n) is 3.86. The maximum Gasteiger partial charge on any atom is 0.416 e. The zero-order valence-electron chi connectivity index (χ0n) is 10.2. The Morgan fingerprint density at radius 2 is 2.05 bits per heavy atom. The zero-order chi connectivity index (χ0) is 15.9. The molecule has 0 aliphatic carbocycles. The fraction of sp³-hybridized carbons (Fsp3) is 0.182. The summed E-state index contributed by atoms with van der Waals surface area (Å²) in [5.74, 6) is -0.871. The van der Waals surface area contributed by atoms with Gasteiger partial charge in [0.25, 0.3) is 5.69 Å². The van der Waals surface area contributed by atoms with E-state index >= 15 is 0 Å². The summed E-state index contributed by atoms with van der Waals surface area (Å²) in [4.78, 5) is 21.3. The standard InChI is InChI=1S/C11H5ClF3NO4S/c1-20-10(17)9-8(12)7-5(16(18)19)2-4(11(13,14)15)3-6(7)21-9/h2-3H,1H3. The van der Waals surface area contributed by atoms with Gasteiger partial charge < -0.3 is 4.74 Å². The molecule has 0 bridgehead atoms. The lowest BCUT2D eigenvalue weighted by Crippen LogP contribution is -2.05. The molecular formula is C11H5ClF3NO4S. The molecule has 0 atom stereocenters. The van der Waals surface area contributed by atoms with Gasteiger partial charge in [0.05, 0.1) is 28.0 Å². The molecule has 5 nitrogen and oxygen atoms in total. The van der Waals surface area contributed by atoms with E-state index < -0.39 is 28.3 Å². The molecule has 2 aromatic rings. The van der Waals surface area contributed by atoms with Crippen molar-refractivity contribution in [3.63, 3.8) is 0 Å². The second-order valence-corrected chi connectivity index (χ2v) is 5.29. The highest BCUT2D eigenvalue weighted by atomic mass is 35.5. The first-order valence-corrected chi connectivity index (χ1v) is 6.42. The summed E-state index contributed by atoms with van der Waals surface area (Å²) in [6, 6.07) is 1.10. The van der Waals surface area contributed by atoms with Gasteiger partial charge in [0, 0.05) is 10.8 Å². The van der Waals surface area contributed by atoms with Crippen LogP contribution in [-0.4, -0.2) is 18.0 Å². The summed E-state index contributed by atoms with van der Waals surface area (Å²) in [6.45, 7) is 0. The van der Waals surface area contributed by atoms with Gasteiger partial charge in [-0.3, -0.25) is 10.1 Å². The van der Waals surface area contributed by atoms with Gasteiger partial charge in [-0.15, -0.1) is 11.3 Å². The highest BCUT2D eigenvalue weighted by Crippen LogP contribution is 2.44. The lowest BCUT2D eigenvalue weighted by atomic mass is 10.1. The minimum absolute atomic E-state index is 0.109. The summed E-state index contributed by atoms with van der Waals surface area (Å²) < 4.78 is 42.6. The Morgan fingerprint density at radius 1 is 1.43 bits per heavy atom. The second kappa shape index (κ2) is 5.15. The minimum Gasteiger partial charge on any atom is -0.465 e. The van der Waals surface area contributed by atoms with Gasteiger partial charge in [-0.2, -0.15) is 13.2 Å². The van der Waals surface area contributed by atoms with Crippen LogP contribution in [0.2, 0.25) is 5.02 Å². The SMILES string of the molecule is COC(=O)c1sc2cc(C(F)(F)F)cc([N+](=O)[O-])c2c1Cl. The average Bonchev–Trinajstić information content (AvgIpc) is 2.73. The number of ether oxygens (including phenoxy) is 1. The number of rotatable bonds is 2. The fourth-order valence-electron chi connectivity index (χ4n) is 1.70. The first kappa shape index (κ1) is 15.5. The molecule has 10 heteroatoms. The molecule has 0 spiro atoms. The third-order valence-corrected chi connectivity index (χ3v) is 4.21. The number of benzene rings is 1. The van der Waals surface area contributed by atoms with Crippen molar-refractivity contribution >= 4 is 44.7 Å². The van der Waals surface area contributed by atoms with Gasteiger partial charge in [0.15, 0.2) is 0 Å². The van der Waals surface area contributed by atoms with E-state index in [4.69, 9.17) is 11.6 Å². The van der Waals surface area contributed by atoms with Gasteiger partial charge >= 0.3 is 12.1 Å². The number of nitro groups is 1. The Labute approximate surface area is 124 Å². The van der Waals surface area contributed by atoms with Gasteiger partial charge in [-0.1, -0.05) is 11.6 Å². The van der Waals surface area contributed by atoms with Crippen LogP contribution in [-0.2, 0) is 10.9 Å². The topological polar surface area (TPSA) is 69.4 Å². The number of nitro benzene ring substituents is 1. The summed E-state index contributed by atoms with van der Waals surface area (Å²) in [5.41, 5.74) is -1.99. The largest absolute Gasteiger partial charge is 0.465 e. The number of carbonyl (C=O) groups excluding carboxylic acids is 1. The van der Waals surface area contributed by atoms with E-state index in [1.165, 1.54) is 0 Å². The maximum atomic E-state index is 12.7. The lowest BCUT2D eigenvalue weighted by molar-refractivity contribution is -0.383. The lowest BCUT2D eigenvalue weighted by Gasteiger charge is -2.06. The van der Waals surface area contributed by atoms with Crippen LogP contribution in [0, 0.1) is 10.1 Å².